The topological polar surface area (TPSA) is 75.7 Å². The van der Waals surface area contributed by atoms with Crippen molar-refractivity contribution in [1.82, 2.24) is 9.62 Å². The Balaban J connectivity index is 1.43. The highest BCUT2D eigenvalue weighted by Crippen LogP contribution is 2.50. The molecule has 1 aliphatic heterocycles. The summed E-state index contributed by atoms with van der Waals surface area (Å²) >= 11 is 7.40. The molecule has 0 bridgehead atoms. The van der Waals surface area contributed by atoms with Crippen molar-refractivity contribution in [3.63, 3.8) is 0 Å². The molecule has 2 atom stereocenters. The molecule has 0 unspecified atom stereocenters. The lowest BCUT2D eigenvalue weighted by atomic mass is 10.2. The highest BCUT2D eigenvalue weighted by atomic mass is 35.5. The molecular weight excluding hydrogens is 360 g/mol. The number of ether oxygens (including phenoxy) is 1. The number of rotatable bonds is 6. The molecule has 1 aromatic heterocycles. The first-order valence-corrected chi connectivity index (χ1v) is 10.4. The number of carbonyl (C=O) groups excluding carboxylic acids is 1. The zero-order chi connectivity index (χ0) is 16.4. The molecule has 128 valence electrons. The molecule has 1 N–H and O–H groups in total. The summed E-state index contributed by atoms with van der Waals surface area (Å²) in [6.45, 7) is 1.78. The predicted molar refractivity (Wildman–Crippen MR) is 89.4 cm³/mol. The summed E-state index contributed by atoms with van der Waals surface area (Å²) in [7, 11) is -3.32. The minimum Gasteiger partial charge on any atom is -0.379 e. The van der Waals surface area contributed by atoms with Gasteiger partial charge in [0.1, 0.15) is 0 Å². The molecule has 3 rings (SSSR count). The summed E-state index contributed by atoms with van der Waals surface area (Å²) in [5.41, 5.74) is 0. The fraction of sp³-hybridized carbons (Fsp3) is 0.643. The first-order chi connectivity index (χ1) is 11.0. The maximum atomic E-state index is 12.1. The van der Waals surface area contributed by atoms with Crippen LogP contribution in [0.5, 0.6) is 0 Å². The molecule has 6 nitrogen and oxygen atoms in total. The van der Waals surface area contributed by atoms with Gasteiger partial charge in [0.15, 0.2) is 0 Å². The van der Waals surface area contributed by atoms with Crippen LogP contribution in [0.15, 0.2) is 12.1 Å². The van der Waals surface area contributed by atoms with Crippen LogP contribution in [0, 0.1) is 5.92 Å². The second kappa shape index (κ2) is 7.06. The van der Waals surface area contributed by atoms with Crippen LogP contribution in [-0.2, 0) is 19.6 Å². The smallest absolute Gasteiger partial charge is 0.223 e. The summed E-state index contributed by atoms with van der Waals surface area (Å²) in [4.78, 5) is 13.2. The van der Waals surface area contributed by atoms with Crippen LogP contribution in [0.3, 0.4) is 0 Å². The fourth-order valence-electron chi connectivity index (χ4n) is 2.71. The molecule has 1 saturated heterocycles. The maximum absolute atomic E-state index is 12.1. The Kier molecular flexibility index (Phi) is 5.27. The zero-order valence-corrected chi connectivity index (χ0v) is 14.9. The molecule has 9 heteroatoms. The van der Waals surface area contributed by atoms with Gasteiger partial charge in [0.05, 0.1) is 23.3 Å². The van der Waals surface area contributed by atoms with Crippen molar-refractivity contribution < 1.29 is 17.9 Å². The van der Waals surface area contributed by atoms with Crippen molar-refractivity contribution in [2.45, 2.75) is 12.3 Å². The summed E-state index contributed by atoms with van der Waals surface area (Å²) < 4.78 is 31.6. The van der Waals surface area contributed by atoms with E-state index in [-0.39, 0.29) is 30.0 Å². The molecule has 2 aliphatic rings. The van der Waals surface area contributed by atoms with Gasteiger partial charge >= 0.3 is 0 Å². The van der Waals surface area contributed by atoms with Crippen molar-refractivity contribution in [3.05, 3.63) is 21.3 Å². The third-order valence-corrected chi connectivity index (χ3v) is 7.34. The van der Waals surface area contributed by atoms with Crippen molar-refractivity contribution in [2.24, 2.45) is 5.92 Å². The monoisotopic (exact) mass is 378 g/mol. The Morgan fingerprint density at radius 3 is 2.78 bits per heavy atom. The molecule has 2 heterocycles. The van der Waals surface area contributed by atoms with Gasteiger partial charge in [-0.25, -0.2) is 8.42 Å². The summed E-state index contributed by atoms with van der Waals surface area (Å²) in [6, 6.07) is 3.79. The zero-order valence-electron chi connectivity index (χ0n) is 12.5. The second-order valence-electron chi connectivity index (χ2n) is 5.71. The van der Waals surface area contributed by atoms with Gasteiger partial charge in [-0.05, 0) is 18.6 Å². The number of carbonyl (C=O) groups is 1. The van der Waals surface area contributed by atoms with Crippen LogP contribution in [0.2, 0.25) is 4.34 Å². The Morgan fingerprint density at radius 1 is 1.39 bits per heavy atom. The molecule has 2 fully saturated rings. The summed E-state index contributed by atoms with van der Waals surface area (Å²) in [6.07, 6.45) is 0.804. The number of sulfonamides is 1. The molecule has 1 aromatic rings. The van der Waals surface area contributed by atoms with E-state index in [0.717, 1.165) is 15.6 Å². The Bertz CT molecular complexity index is 670. The number of thiophene rings is 1. The number of hydrogen-bond donors (Lipinski definition) is 1. The van der Waals surface area contributed by atoms with Gasteiger partial charge < -0.3 is 10.1 Å². The van der Waals surface area contributed by atoms with Gasteiger partial charge in [-0.15, -0.1) is 11.3 Å². The Morgan fingerprint density at radius 2 is 2.13 bits per heavy atom. The minimum absolute atomic E-state index is 0.0594. The highest BCUT2D eigenvalue weighted by molar-refractivity contribution is 7.89. The van der Waals surface area contributed by atoms with E-state index in [1.165, 1.54) is 15.6 Å². The van der Waals surface area contributed by atoms with Crippen LogP contribution in [0.1, 0.15) is 17.2 Å². The third-order valence-electron chi connectivity index (χ3n) is 4.11. The van der Waals surface area contributed by atoms with E-state index in [1.807, 2.05) is 12.1 Å². The lowest BCUT2D eigenvalue weighted by molar-refractivity contribution is -0.122. The number of hydrogen-bond acceptors (Lipinski definition) is 5. The van der Waals surface area contributed by atoms with E-state index >= 15 is 0 Å². The van der Waals surface area contributed by atoms with E-state index in [9.17, 15) is 13.2 Å². The standard InChI is InChI=1S/C14H19ClN2O4S2/c15-13-2-1-12(22-13)10-9-11(10)14(18)16-3-8-23(19,20)17-4-6-21-7-5-17/h1-2,10-11H,3-9H2,(H,16,18)/t10-,11-/m1/s1. The Hall–Kier alpha value is -0.670. The summed E-state index contributed by atoms with van der Waals surface area (Å²) in [5, 5.41) is 2.74. The molecular formula is C14H19ClN2O4S2. The van der Waals surface area contributed by atoms with E-state index in [4.69, 9.17) is 16.3 Å². The van der Waals surface area contributed by atoms with E-state index in [1.54, 1.807) is 0 Å². The number of morpholine rings is 1. The highest BCUT2D eigenvalue weighted by Gasteiger charge is 2.44. The molecule has 0 radical (unpaired) electrons. The van der Waals surface area contributed by atoms with Crippen molar-refractivity contribution in [3.8, 4) is 0 Å². The maximum Gasteiger partial charge on any atom is 0.223 e. The third kappa shape index (κ3) is 4.24. The normalized spacial score (nSPS) is 25.3. The second-order valence-corrected chi connectivity index (χ2v) is 9.54. The van der Waals surface area contributed by atoms with Crippen LogP contribution >= 0.6 is 22.9 Å². The average molecular weight is 379 g/mol. The summed E-state index contributed by atoms with van der Waals surface area (Å²) in [5.74, 6) is 0.0249. The van der Waals surface area contributed by atoms with E-state index < -0.39 is 10.0 Å². The molecule has 0 aromatic carbocycles. The number of halogens is 1. The average Bonchev–Trinajstić information content (AvgIpc) is 3.23. The predicted octanol–water partition coefficient (Wildman–Crippen LogP) is 1.28. The lowest BCUT2D eigenvalue weighted by Gasteiger charge is -2.26. The van der Waals surface area contributed by atoms with Gasteiger partial charge in [0, 0.05) is 36.3 Å². The van der Waals surface area contributed by atoms with Gasteiger partial charge in [0.2, 0.25) is 15.9 Å². The molecule has 1 aliphatic carbocycles. The van der Waals surface area contributed by atoms with E-state index in [0.29, 0.717) is 26.3 Å². The molecule has 0 spiro atoms. The van der Waals surface area contributed by atoms with Crippen molar-refractivity contribution in [1.29, 1.82) is 0 Å². The van der Waals surface area contributed by atoms with Crippen LogP contribution in [-0.4, -0.2) is 57.2 Å². The van der Waals surface area contributed by atoms with Gasteiger partial charge in [-0.1, -0.05) is 11.6 Å². The number of nitrogens with zero attached hydrogens (tertiary/aromatic N) is 1. The van der Waals surface area contributed by atoms with Gasteiger partial charge in [-0.3, -0.25) is 4.79 Å². The largest absolute Gasteiger partial charge is 0.379 e. The van der Waals surface area contributed by atoms with E-state index in [2.05, 4.69) is 5.32 Å². The van der Waals surface area contributed by atoms with Gasteiger partial charge in [-0.2, -0.15) is 4.31 Å². The minimum atomic E-state index is -3.32. The first-order valence-electron chi connectivity index (χ1n) is 7.56. The van der Waals surface area contributed by atoms with Crippen LogP contribution in [0.25, 0.3) is 0 Å². The quantitative estimate of drug-likeness (QED) is 0.809. The SMILES string of the molecule is O=C(NCCS(=O)(=O)N1CCOCC1)[C@@H]1C[C@H]1c1ccc(Cl)s1. The fourth-order valence-corrected chi connectivity index (χ4v) is 5.28. The number of nitrogens with one attached hydrogen (secondary N) is 1. The molecule has 1 saturated carbocycles. The van der Waals surface area contributed by atoms with Crippen molar-refractivity contribution >= 4 is 38.9 Å². The first kappa shape index (κ1) is 17.2. The van der Waals surface area contributed by atoms with Gasteiger partial charge in [0.25, 0.3) is 0 Å². The lowest BCUT2D eigenvalue weighted by Crippen LogP contribution is -2.44. The van der Waals surface area contributed by atoms with Crippen molar-refractivity contribution in [2.75, 3.05) is 38.6 Å². The van der Waals surface area contributed by atoms with Crippen LogP contribution in [0.4, 0.5) is 0 Å². The van der Waals surface area contributed by atoms with Crippen LogP contribution < -0.4 is 5.32 Å². The molecule has 23 heavy (non-hydrogen) atoms. The Labute approximate surface area is 144 Å². The number of amides is 1. The molecule has 1 amide bonds.